The van der Waals surface area contributed by atoms with Gasteiger partial charge in [0.2, 0.25) is 0 Å². The molecule has 2 aromatic rings. The van der Waals surface area contributed by atoms with Gasteiger partial charge in [0, 0.05) is 36.8 Å². The van der Waals surface area contributed by atoms with E-state index in [1.165, 1.54) is 0 Å². The van der Waals surface area contributed by atoms with Crippen LogP contribution in [0.25, 0.3) is 0 Å². The summed E-state index contributed by atoms with van der Waals surface area (Å²) in [7, 11) is 2.16. The summed E-state index contributed by atoms with van der Waals surface area (Å²) in [6.45, 7) is 4.08. The summed E-state index contributed by atoms with van der Waals surface area (Å²) >= 11 is 6.21. The first-order chi connectivity index (χ1) is 11.2. The molecule has 0 saturated carbocycles. The molecule has 4 rings (SSSR count). The van der Waals surface area contributed by atoms with Crippen molar-refractivity contribution in [3.63, 3.8) is 0 Å². The fourth-order valence-electron chi connectivity index (χ4n) is 3.07. The Morgan fingerprint density at radius 3 is 2.61 bits per heavy atom. The van der Waals surface area contributed by atoms with E-state index in [0.717, 1.165) is 59.7 Å². The zero-order chi connectivity index (χ0) is 15.8. The summed E-state index contributed by atoms with van der Waals surface area (Å²) in [5.74, 6) is 1.03. The van der Waals surface area contributed by atoms with E-state index in [1.807, 2.05) is 30.3 Å². The molecule has 4 nitrogen and oxygen atoms in total. The number of nitrogens with zero attached hydrogens (tertiary/aromatic N) is 3. The standard InChI is InChI=1S/C18H19ClN4/c1-22-8-10-23(11-9-22)18-14-7-6-13(19)12-17(14)20-15-4-2-3-5-16(15)21-18/h2-7,12,20H,8-11H2,1H3. The number of hydrogen-bond donors (Lipinski definition) is 1. The monoisotopic (exact) mass is 326 g/mol. The van der Waals surface area contributed by atoms with Gasteiger partial charge in [-0.25, -0.2) is 4.99 Å². The highest BCUT2D eigenvalue weighted by molar-refractivity contribution is 6.31. The Labute approximate surface area is 141 Å². The summed E-state index contributed by atoms with van der Waals surface area (Å²) in [4.78, 5) is 9.70. The van der Waals surface area contributed by atoms with E-state index in [1.54, 1.807) is 0 Å². The van der Waals surface area contributed by atoms with Gasteiger partial charge in [-0.2, -0.15) is 0 Å². The third-order valence-electron chi connectivity index (χ3n) is 4.43. The van der Waals surface area contributed by atoms with Crippen LogP contribution in [0.15, 0.2) is 47.5 Å². The minimum Gasteiger partial charge on any atom is -0.353 e. The van der Waals surface area contributed by atoms with Crippen LogP contribution in [0, 0.1) is 0 Å². The van der Waals surface area contributed by atoms with E-state index in [4.69, 9.17) is 16.6 Å². The molecule has 2 aliphatic rings. The van der Waals surface area contributed by atoms with Crippen LogP contribution in [0.4, 0.5) is 17.1 Å². The lowest BCUT2D eigenvalue weighted by Crippen LogP contribution is -2.47. The number of fused-ring (bicyclic) bond motifs is 2. The molecule has 0 unspecified atom stereocenters. The van der Waals surface area contributed by atoms with Crippen molar-refractivity contribution in [1.29, 1.82) is 0 Å². The second-order valence-electron chi connectivity index (χ2n) is 6.06. The van der Waals surface area contributed by atoms with Crippen LogP contribution in [-0.4, -0.2) is 48.9 Å². The lowest BCUT2D eigenvalue weighted by molar-refractivity contribution is 0.216. The number of halogens is 1. The van der Waals surface area contributed by atoms with Gasteiger partial charge in [0.1, 0.15) is 5.84 Å². The molecule has 1 N–H and O–H groups in total. The molecular weight excluding hydrogens is 308 g/mol. The van der Waals surface area contributed by atoms with Gasteiger partial charge in [0.25, 0.3) is 0 Å². The van der Waals surface area contributed by atoms with Crippen molar-refractivity contribution in [3.05, 3.63) is 53.1 Å². The van der Waals surface area contributed by atoms with E-state index in [2.05, 4.69) is 34.3 Å². The van der Waals surface area contributed by atoms with Crippen LogP contribution < -0.4 is 5.32 Å². The van der Waals surface area contributed by atoms with Gasteiger partial charge in [0.15, 0.2) is 0 Å². The highest BCUT2D eigenvalue weighted by Gasteiger charge is 2.23. The van der Waals surface area contributed by atoms with E-state index in [9.17, 15) is 0 Å². The molecule has 118 valence electrons. The van der Waals surface area contributed by atoms with Crippen LogP contribution in [0.3, 0.4) is 0 Å². The number of rotatable bonds is 0. The number of para-hydroxylation sites is 2. The number of hydrogen-bond acceptors (Lipinski definition) is 4. The quantitative estimate of drug-likeness (QED) is 0.800. The number of piperazine rings is 1. The van der Waals surface area contributed by atoms with E-state index in [-0.39, 0.29) is 0 Å². The van der Waals surface area contributed by atoms with Gasteiger partial charge in [-0.3, -0.25) is 0 Å². The Morgan fingerprint density at radius 1 is 1.00 bits per heavy atom. The fourth-order valence-corrected chi connectivity index (χ4v) is 3.24. The molecule has 2 aliphatic heterocycles. The van der Waals surface area contributed by atoms with Gasteiger partial charge in [0.05, 0.1) is 17.1 Å². The molecule has 0 aliphatic carbocycles. The Balaban J connectivity index is 1.83. The smallest absolute Gasteiger partial charge is 0.138 e. The van der Waals surface area contributed by atoms with Crippen molar-refractivity contribution in [3.8, 4) is 0 Å². The van der Waals surface area contributed by atoms with Gasteiger partial charge in [-0.15, -0.1) is 0 Å². The summed E-state index contributed by atoms with van der Waals surface area (Å²) < 4.78 is 0. The lowest BCUT2D eigenvalue weighted by atomic mass is 10.1. The van der Waals surface area contributed by atoms with Gasteiger partial charge < -0.3 is 15.1 Å². The maximum Gasteiger partial charge on any atom is 0.138 e. The zero-order valence-electron chi connectivity index (χ0n) is 13.1. The summed E-state index contributed by atoms with van der Waals surface area (Å²) in [6.07, 6.45) is 0. The van der Waals surface area contributed by atoms with E-state index >= 15 is 0 Å². The van der Waals surface area contributed by atoms with Crippen LogP contribution >= 0.6 is 11.6 Å². The molecule has 0 amide bonds. The van der Waals surface area contributed by atoms with Crippen molar-refractivity contribution in [1.82, 2.24) is 9.80 Å². The first-order valence-electron chi connectivity index (χ1n) is 7.89. The molecular formula is C18H19ClN4. The average molecular weight is 327 g/mol. The Kier molecular flexibility index (Phi) is 3.71. The Hall–Kier alpha value is -2.04. The van der Waals surface area contributed by atoms with E-state index < -0.39 is 0 Å². The highest BCUT2D eigenvalue weighted by Crippen LogP contribution is 2.35. The molecule has 5 heteroatoms. The first-order valence-corrected chi connectivity index (χ1v) is 8.27. The maximum absolute atomic E-state index is 6.21. The van der Waals surface area contributed by atoms with Crippen LogP contribution in [0.1, 0.15) is 5.56 Å². The lowest BCUT2D eigenvalue weighted by Gasteiger charge is -2.34. The second-order valence-corrected chi connectivity index (χ2v) is 6.49. The second kappa shape index (κ2) is 5.87. The molecule has 0 radical (unpaired) electrons. The number of nitrogens with one attached hydrogen (secondary N) is 1. The maximum atomic E-state index is 6.21. The predicted octanol–water partition coefficient (Wildman–Crippen LogP) is 3.72. The number of benzene rings is 2. The molecule has 1 fully saturated rings. The van der Waals surface area contributed by atoms with Crippen LogP contribution in [0.5, 0.6) is 0 Å². The zero-order valence-corrected chi connectivity index (χ0v) is 13.8. The van der Waals surface area contributed by atoms with Crippen molar-refractivity contribution in [2.75, 3.05) is 38.5 Å². The van der Waals surface area contributed by atoms with Gasteiger partial charge in [-0.1, -0.05) is 23.7 Å². The number of likely N-dealkylation sites (N-methyl/N-ethyl adjacent to an activating group) is 1. The van der Waals surface area contributed by atoms with Crippen molar-refractivity contribution in [2.45, 2.75) is 0 Å². The summed E-state index contributed by atoms with van der Waals surface area (Å²) in [5, 5.41) is 4.22. The van der Waals surface area contributed by atoms with Crippen molar-refractivity contribution in [2.24, 2.45) is 4.99 Å². The molecule has 0 spiro atoms. The van der Waals surface area contributed by atoms with Crippen molar-refractivity contribution < 1.29 is 0 Å². The molecule has 0 atom stereocenters. The fraction of sp³-hybridized carbons (Fsp3) is 0.278. The molecule has 2 heterocycles. The minimum atomic E-state index is 0.730. The van der Waals surface area contributed by atoms with Crippen molar-refractivity contribution >= 4 is 34.5 Å². The number of amidine groups is 1. The normalized spacial score (nSPS) is 17.7. The summed E-state index contributed by atoms with van der Waals surface area (Å²) in [5.41, 5.74) is 4.10. The molecule has 1 saturated heterocycles. The number of anilines is 2. The largest absolute Gasteiger partial charge is 0.353 e. The Morgan fingerprint density at radius 2 is 1.78 bits per heavy atom. The highest BCUT2D eigenvalue weighted by atomic mass is 35.5. The third kappa shape index (κ3) is 2.80. The number of aliphatic imine (C=N–C) groups is 1. The molecule has 23 heavy (non-hydrogen) atoms. The predicted molar refractivity (Wildman–Crippen MR) is 96.4 cm³/mol. The molecule has 0 bridgehead atoms. The van der Waals surface area contributed by atoms with Crippen LogP contribution in [-0.2, 0) is 0 Å². The topological polar surface area (TPSA) is 30.9 Å². The third-order valence-corrected chi connectivity index (χ3v) is 4.66. The van der Waals surface area contributed by atoms with Crippen LogP contribution in [0.2, 0.25) is 5.02 Å². The first kappa shape index (κ1) is 14.5. The summed E-state index contributed by atoms with van der Waals surface area (Å²) in [6, 6.07) is 14.1. The molecule has 0 aromatic heterocycles. The Bertz CT molecular complexity index is 763. The van der Waals surface area contributed by atoms with Gasteiger partial charge >= 0.3 is 0 Å². The van der Waals surface area contributed by atoms with Gasteiger partial charge in [-0.05, 0) is 37.4 Å². The van der Waals surface area contributed by atoms with E-state index in [0.29, 0.717) is 0 Å². The SMILES string of the molecule is CN1CCN(C2=Nc3ccccc3Nc3cc(Cl)ccc32)CC1. The molecule has 2 aromatic carbocycles. The minimum absolute atomic E-state index is 0.730. The average Bonchev–Trinajstić information content (AvgIpc) is 2.71.